The molecule has 1 saturated heterocycles. The second kappa shape index (κ2) is 8.08. The third-order valence-electron chi connectivity index (χ3n) is 3.18. The number of hydrogen-bond acceptors (Lipinski definition) is 3. The molecular formula is C12H26N2O. The van der Waals surface area contributed by atoms with Gasteiger partial charge in [0.1, 0.15) is 0 Å². The van der Waals surface area contributed by atoms with Crippen LogP contribution in [0.25, 0.3) is 0 Å². The van der Waals surface area contributed by atoms with Crippen molar-refractivity contribution in [2.24, 2.45) is 11.7 Å². The fourth-order valence-electron chi connectivity index (χ4n) is 2.17. The summed E-state index contributed by atoms with van der Waals surface area (Å²) in [4.78, 5) is 2.52. The Balaban J connectivity index is 1.99. The minimum Gasteiger partial charge on any atom is -0.380 e. The lowest BCUT2D eigenvalue weighted by Crippen LogP contribution is -2.36. The molecule has 0 bridgehead atoms. The van der Waals surface area contributed by atoms with E-state index >= 15 is 0 Å². The van der Waals surface area contributed by atoms with E-state index in [2.05, 4.69) is 11.8 Å². The van der Waals surface area contributed by atoms with Gasteiger partial charge in [-0.1, -0.05) is 6.92 Å². The summed E-state index contributed by atoms with van der Waals surface area (Å²) in [5.41, 5.74) is 5.57. The quantitative estimate of drug-likeness (QED) is 0.652. The van der Waals surface area contributed by atoms with Crippen LogP contribution < -0.4 is 5.73 Å². The van der Waals surface area contributed by atoms with E-state index in [4.69, 9.17) is 10.5 Å². The Kier molecular flexibility index (Phi) is 6.98. The normalized spacial score (nSPS) is 19.6. The van der Waals surface area contributed by atoms with E-state index in [1.807, 2.05) is 0 Å². The van der Waals surface area contributed by atoms with Gasteiger partial charge in [-0.2, -0.15) is 0 Å². The Hall–Kier alpha value is -0.120. The fraction of sp³-hybridized carbons (Fsp3) is 1.00. The molecule has 1 aliphatic rings. The minimum atomic E-state index is 0.851. The first-order valence-electron chi connectivity index (χ1n) is 6.37. The first-order chi connectivity index (χ1) is 7.36. The monoisotopic (exact) mass is 214 g/mol. The van der Waals surface area contributed by atoms with Crippen molar-refractivity contribution in [1.82, 2.24) is 4.90 Å². The zero-order valence-corrected chi connectivity index (χ0v) is 10.1. The molecule has 1 heterocycles. The molecule has 0 aromatic rings. The minimum absolute atomic E-state index is 0.851. The summed E-state index contributed by atoms with van der Waals surface area (Å²) in [6, 6.07) is 0. The lowest BCUT2D eigenvalue weighted by atomic mass is 9.94. The van der Waals surface area contributed by atoms with Gasteiger partial charge < -0.3 is 15.4 Å². The Morgan fingerprint density at radius 3 is 2.60 bits per heavy atom. The van der Waals surface area contributed by atoms with E-state index in [1.54, 1.807) is 0 Å². The molecule has 1 aliphatic heterocycles. The number of likely N-dealkylation sites (tertiary alicyclic amines) is 1. The Bertz CT molecular complexity index is 142. The molecular weight excluding hydrogens is 188 g/mol. The van der Waals surface area contributed by atoms with Crippen molar-refractivity contribution in [2.75, 3.05) is 39.4 Å². The van der Waals surface area contributed by atoms with Crippen molar-refractivity contribution in [3.8, 4) is 0 Å². The van der Waals surface area contributed by atoms with Crippen LogP contribution in [0.2, 0.25) is 0 Å². The predicted molar refractivity (Wildman–Crippen MR) is 63.9 cm³/mol. The predicted octanol–water partition coefficient (Wildman–Crippen LogP) is 1.47. The van der Waals surface area contributed by atoms with E-state index in [0.717, 1.165) is 38.6 Å². The summed E-state index contributed by atoms with van der Waals surface area (Å²) in [6.07, 6.45) is 4.98. The van der Waals surface area contributed by atoms with E-state index in [9.17, 15) is 0 Å². The lowest BCUT2D eigenvalue weighted by molar-refractivity contribution is 0.0881. The van der Waals surface area contributed by atoms with Crippen LogP contribution in [0.5, 0.6) is 0 Å². The Morgan fingerprint density at radius 1 is 1.27 bits per heavy atom. The molecule has 1 rings (SSSR count). The molecule has 15 heavy (non-hydrogen) atoms. The molecule has 0 amide bonds. The van der Waals surface area contributed by atoms with Gasteiger partial charge >= 0.3 is 0 Å². The Labute approximate surface area is 94.0 Å². The molecule has 0 atom stereocenters. The molecule has 0 aliphatic carbocycles. The number of ether oxygens (including phenoxy) is 1. The molecule has 0 radical (unpaired) electrons. The molecule has 2 N–H and O–H groups in total. The maximum absolute atomic E-state index is 5.57. The van der Waals surface area contributed by atoms with Gasteiger partial charge in [-0.25, -0.2) is 0 Å². The molecule has 0 aromatic heterocycles. The zero-order chi connectivity index (χ0) is 10.9. The molecule has 0 unspecified atom stereocenters. The molecule has 0 saturated carbocycles. The maximum Gasteiger partial charge on any atom is 0.0593 e. The summed E-state index contributed by atoms with van der Waals surface area (Å²) in [5.74, 6) is 0.878. The van der Waals surface area contributed by atoms with Gasteiger partial charge in [0.05, 0.1) is 6.61 Å². The van der Waals surface area contributed by atoms with Crippen LogP contribution in [-0.4, -0.2) is 44.3 Å². The third-order valence-corrected chi connectivity index (χ3v) is 3.18. The van der Waals surface area contributed by atoms with Crippen LogP contribution in [0.4, 0.5) is 0 Å². The number of nitrogens with zero attached hydrogens (tertiary/aromatic N) is 1. The van der Waals surface area contributed by atoms with Crippen molar-refractivity contribution < 1.29 is 4.74 Å². The third kappa shape index (κ3) is 5.50. The number of rotatable bonds is 7. The maximum atomic E-state index is 5.57. The van der Waals surface area contributed by atoms with Gasteiger partial charge in [0.15, 0.2) is 0 Å². The lowest BCUT2D eigenvalue weighted by Gasteiger charge is -2.31. The highest BCUT2D eigenvalue weighted by Gasteiger charge is 2.17. The van der Waals surface area contributed by atoms with Crippen molar-refractivity contribution in [3.05, 3.63) is 0 Å². The van der Waals surface area contributed by atoms with Gasteiger partial charge in [0.2, 0.25) is 0 Å². The largest absolute Gasteiger partial charge is 0.380 e. The molecule has 0 aromatic carbocycles. The van der Waals surface area contributed by atoms with E-state index in [0.29, 0.717) is 0 Å². The topological polar surface area (TPSA) is 38.5 Å². The van der Waals surface area contributed by atoms with Crippen LogP contribution in [0, 0.1) is 5.92 Å². The second-order valence-electron chi connectivity index (χ2n) is 4.47. The number of hydrogen-bond donors (Lipinski definition) is 1. The second-order valence-corrected chi connectivity index (χ2v) is 4.47. The smallest absolute Gasteiger partial charge is 0.0593 e. The molecule has 0 spiro atoms. The van der Waals surface area contributed by atoms with E-state index < -0.39 is 0 Å². The van der Waals surface area contributed by atoms with E-state index in [-0.39, 0.29) is 0 Å². The Morgan fingerprint density at radius 2 is 2.00 bits per heavy atom. The molecule has 1 fully saturated rings. The number of piperidine rings is 1. The first kappa shape index (κ1) is 12.9. The van der Waals surface area contributed by atoms with Crippen LogP contribution in [0.3, 0.4) is 0 Å². The van der Waals surface area contributed by atoms with Crippen molar-refractivity contribution >= 4 is 0 Å². The standard InChI is InChI=1S/C12H26N2O/c1-2-10-15-11-9-14-7-4-12(3-6-13)5-8-14/h12H,2-11,13H2,1H3. The van der Waals surface area contributed by atoms with Gasteiger partial charge in [0, 0.05) is 13.2 Å². The summed E-state index contributed by atoms with van der Waals surface area (Å²) in [5, 5.41) is 0. The fourth-order valence-corrected chi connectivity index (χ4v) is 2.17. The van der Waals surface area contributed by atoms with Gasteiger partial charge in [-0.15, -0.1) is 0 Å². The van der Waals surface area contributed by atoms with Gasteiger partial charge in [-0.05, 0) is 51.2 Å². The van der Waals surface area contributed by atoms with Crippen LogP contribution in [0.1, 0.15) is 32.6 Å². The van der Waals surface area contributed by atoms with Crippen molar-refractivity contribution in [3.63, 3.8) is 0 Å². The van der Waals surface area contributed by atoms with Crippen LogP contribution in [0.15, 0.2) is 0 Å². The molecule has 3 heteroatoms. The highest BCUT2D eigenvalue weighted by Crippen LogP contribution is 2.19. The summed E-state index contributed by atoms with van der Waals surface area (Å²) >= 11 is 0. The van der Waals surface area contributed by atoms with Crippen LogP contribution >= 0.6 is 0 Å². The van der Waals surface area contributed by atoms with Crippen LogP contribution in [-0.2, 0) is 4.74 Å². The SMILES string of the molecule is CCCOCCN1CCC(CCN)CC1. The van der Waals surface area contributed by atoms with Gasteiger partial charge in [0.25, 0.3) is 0 Å². The average molecular weight is 214 g/mol. The zero-order valence-electron chi connectivity index (χ0n) is 10.1. The highest BCUT2D eigenvalue weighted by atomic mass is 16.5. The van der Waals surface area contributed by atoms with Crippen molar-refractivity contribution in [1.29, 1.82) is 0 Å². The van der Waals surface area contributed by atoms with Crippen molar-refractivity contribution in [2.45, 2.75) is 32.6 Å². The average Bonchev–Trinajstić information content (AvgIpc) is 2.27. The van der Waals surface area contributed by atoms with Gasteiger partial charge in [-0.3, -0.25) is 0 Å². The van der Waals surface area contributed by atoms with E-state index in [1.165, 1.54) is 32.4 Å². The molecule has 3 nitrogen and oxygen atoms in total. The summed E-state index contributed by atoms with van der Waals surface area (Å²) in [6.45, 7) is 8.39. The highest BCUT2D eigenvalue weighted by molar-refractivity contribution is 4.72. The number of nitrogens with two attached hydrogens (primary N) is 1. The molecule has 90 valence electrons. The summed E-state index contributed by atoms with van der Waals surface area (Å²) in [7, 11) is 0. The first-order valence-corrected chi connectivity index (χ1v) is 6.37. The summed E-state index contributed by atoms with van der Waals surface area (Å²) < 4.78 is 5.50.